The normalized spacial score (nSPS) is 16.9. The zero-order chi connectivity index (χ0) is 15.6. The maximum absolute atomic E-state index is 9.99. The topological polar surface area (TPSA) is 142 Å². The molecule has 3 atom stereocenters. The molecule has 2 aromatic rings. The monoisotopic (exact) mass is 295 g/mol. The summed E-state index contributed by atoms with van der Waals surface area (Å²) in [7, 11) is 0. The van der Waals surface area contributed by atoms with Gasteiger partial charge in [0.2, 0.25) is 0 Å². The van der Waals surface area contributed by atoms with Crippen molar-refractivity contribution in [3.63, 3.8) is 0 Å². The van der Waals surface area contributed by atoms with Crippen molar-refractivity contribution < 1.29 is 25.6 Å². The molecule has 0 aliphatic rings. The maximum atomic E-state index is 9.99. The van der Waals surface area contributed by atoms with Gasteiger partial charge in [0.05, 0.1) is 17.6 Å². The first-order chi connectivity index (χ1) is 9.97. The van der Waals surface area contributed by atoms with Crippen LogP contribution in [0.4, 0.5) is 0 Å². The highest BCUT2D eigenvalue weighted by Crippen LogP contribution is 2.23. The third-order valence-electron chi connectivity index (χ3n) is 3.24. The Bertz CT molecular complexity index is 654. The molecule has 114 valence electrons. The fourth-order valence-electron chi connectivity index (χ4n) is 1.95. The van der Waals surface area contributed by atoms with Crippen LogP contribution in [-0.4, -0.2) is 60.1 Å². The van der Waals surface area contributed by atoms with Crippen molar-refractivity contribution in [1.82, 2.24) is 9.97 Å². The smallest absolute Gasteiger partial charge is 0.156 e. The average molecular weight is 295 g/mol. The third kappa shape index (κ3) is 3.03. The van der Waals surface area contributed by atoms with Crippen molar-refractivity contribution in [2.24, 2.45) is 5.16 Å². The summed E-state index contributed by atoms with van der Waals surface area (Å²) in [6.07, 6.45) is -4.29. The number of hydrogen-bond acceptors (Lipinski definition) is 7. The second-order valence-corrected chi connectivity index (χ2v) is 4.73. The van der Waals surface area contributed by atoms with E-state index in [4.69, 9.17) is 10.3 Å². The lowest BCUT2D eigenvalue weighted by Gasteiger charge is -2.21. The number of fused-ring (bicyclic) bond motifs is 1. The number of aliphatic hydroxyl groups excluding tert-OH is 4. The fourth-order valence-corrected chi connectivity index (χ4v) is 1.95. The molecule has 8 heteroatoms. The minimum absolute atomic E-state index is 0.309. The molecule has 0 fully saturated rings. The zero-order valence-electron chi connectivity index (χ0n) is 11.3. The van der Waals surface area contributed by atoms with E-state index in [0.29, 0.717) is 28.1 Å². The van der Waals surface area contributed by atoms with Crippen LogP contribution in [0.3, 0.4) is 0 Å². The molecule has 1 heterocycles. The fraction of sp³-hybridized carbons (Fsp3) is 0.385. The van der Waals surface area contributed by atoms with Crippen molar-refractivity contribution in [2.45, 2.75) is 25.2 Å². The summed E-state index contributed by atoms with van der Waals surface area (Å²) in [5, 5.41) is 49.6. The SMILES string of the molecule is CC(=NO)c1nc2ccc(C(O)C(O)C(O)CO)cc2[nH]1. The summed E-state index contributed by atoms with van der Waals surface area (Å²) in [6, 6.07) is 4.74. The van der Waals surface area contributed by atoms with Crippen LogP contribution >= 0.6 is 0 Å². The van der Waals surface area contributed by atoms with Crippen LogP contribution in [0.25, 0.3) is 11.0 Å². The molecular weight excluding hydrogens is 278 g/mol. The van der Waals surface area contributed by atoms with E-state index in [-0.39, 0.29) is 0 Å². The molecule has 0 aliphatic carbocycles. The number of oxime groups is 1. The van der Waals surface area contributed by atoms with Gasteiger partial charge in [-0.3, -0.25) is 0 Å². The van der Waals surface area contributed by atoms with Crippen LogP contribution in [-0.2, 0) is 0 Å². The summed E-state index contributed by atoms with van der Waals surface area (Å²) < 4.78 is 0. The lowest BCUT2D eigenvalue weighted by Crippen LogP contribution is -2.34. The highest BCUT2D eigenvalue weighted by atomic mass is 16.4. The molecule has 6 N–H and O–H groups in total. The first-order valence-corrected chi connectivity index (χ1v) is 6.31. The largest absolute Gasteiger partial charge is 0.411 e. The Morgan fingerprint density at radius 2 is 2.05 bits per heavy atom. The molecule has 0 saturated heterocycles. The predicted octanol–water partition coefficient (Wildman–Crippen LogP) is -0.491. The number of rotatable bonds is 5. The van der Waals surface area contributed by atoms with Crippen molar-refractivity contribution in [3.05, 3.63) is 29.6 Å². The summed E-state index contributed by atoms with van der Waals surface area (Å²) in [5.74, 6) is 0.384. The van der Waals surface area contributed by atoms with Gasteiger partial charge >= 0.3 is 0 Å². The van der Waals surface area contributed by atoms with Gasteiger partial charge in [0, 0.05) is 0 Å². The number of aromatic nitrogens is 2. The highest BCUT2D eigenvalue weighted by molar-refractivity contribution is 5.97. The molecule has 8 nitrogen and oxygen atoms in total. The minimum Gasteiger partial charge on any atom is -0.411 e. The molecule has 21 heavy (non-hydrogen) atoms. The minimum atomic E-state index is -1.50. The van der Waals surface area contributed by atoms with Gasteiger partial charge < -0.3 is 30.6 Å². The molecule has 0 bridgehead atoms. The van der Waals surface area contributed by atoms with Gasteiger partial charge in [0.25, 0.3) is 0 Å². The first kappa shape index (κ1) is 15.4. The molecule has 0 radical (unpaired) electrons. The first-order valence-electron chi connectivity index (χ1n) is 6.31. The summed E-state index contributed by atoms with van der Waals surface area (Å²) in [6.45, 7) is 0.926. The van der Waals surface area contributed by atoms with E-state index >= 15 is 0 Å². The van der Waals surface area contributed by atoms with E-state index in [0.717, 1.165) is 0 Å². The van der Waals surface area contributed by atoms with Crippen LogP contribution < -0.4 is 0 Å². The van der Waals surface area contributed by atoms with Gasteiger partial charge in [-0.05, 0) is 24.6 Å². The van der Waals surface area contributed by atoms with E-state index in [9.17, 15) is 15.3 Å². The molecule has 1 aromatic carbocycles. The Labute approximate surface area is 120 Å². The number of nitrogens with one attached hydrogen (secondary N) is 1. The Kier molecular flexibility index (Phi) is 4.53. The van der Waals surface area contributed by atoms with Crippen LogP contribution in [0.5, 0.6) is 0 Å². The highest BCUT2D eigenvalue weighted by Gasteiger charge is 2.25. The van der Waals surface area contributed by atoms with Gasteiger partial charge in [0.1, 0.15) is 24.0 Å². The van der Waals surface area contributed by atoms with Gasteiger partial charge in [0.15, 0.2) is 5.82 Å². The molecule has 0 aliphatic heterocycles. The molecule has 1 aromatic heterocycles. The van der Waals surface area contributed by atoms with Crippen LogP contribution in [0.2, 0.25) is 0 Å². The number of aromatic amines is 1. The number of hydrogen-bond donors (Lipinski definition) is 6. The average Bonchev–Trinajstić information content (AvgIpc) is 2.94. The van der Waals surface area contributed by atoms with Gasteiger partial charge in [-0.15, -0.1) is 0 Å². The summed E-state index contributed by atoms with van der Waals surface area (Å²) in [5.41, 5.74) is 1.84. The van der Waals surface area contributed by atoms with Gasteiger partial charge in [-0.25, -0.2) is 4.98 Å². The number of benzene rings is 1. The number of H-pyrrole nitrogens is 1. The second-order valence-electron chi connectivity index (χ2n) is 4.73. The molecule has 2 rings (SSSR count). The lowest BCUT2D eigenvalue weighted by molar-refractivity contribution is -0.0776. The van der Waals surface area contributed by atoms with Crippen LogP contribution in [0.15, 0.2) is 23.4 Å². The number of aliphatic hydroxyl groups is 4. The van der Waals surface area contributed by atoms with Crippen molar-refractivity contribution in [2.75, 3.05) is 6.61 Å². The van der Waals surface area contributed by atoms with Crippen molar-refractivity contribution in [1.29, 1.82) is 0 Å². The molecule has 0 saturated carbocycles. The molecule has 3 unspecified atom stereocenters. The van der Waals surface area contributed by atoms with E-state index in [1.165, 1.54) is 0 Å². The van der Waals surface area contributed by atoms with E-state index in [1.54, 1.807) is 25.1 Å². The second kappa shape index (κ2) is 6.19. The van der Waals surface area contributed by atoms with Crippen LogP contribution in [0, 0.1) is 0 Å². The van der Waals surface area contributed by atoms with Crippen molar-refractivity contribution >= 4 is 16.7 Å². The van der Waals surface area contributed by atoms with Crippen LogP contribution in [0.1, 0.15) is 24.4 Å². The quantitative estimate of drug-likeness (QED) is 0.250. The molecular formula is C13H17N3O5. The van der Waals surface area contributed by atoms with E-state index in [2.05, 4.69) is 15.1 Å². The Morgan fingerprint density at radius 3 is 2.67 bits per heavy atom. The Morgan fingerprint density at radius 1 is 1.33 bits per heavy atom. The maximum Gasteiger partial charge on any atom is 0.156 e. The van der Waals surface area contributed by atoms with Crippen molar-refractivity contribution in [3.8, 4) is 0 Å². The van der Waals surface area contributed by atoms with Gasteiger partial charge in [-0.1, -0.05) is 11.2 Å². The standard InChI is InChI=1S/C13H17N3O5/c1-6(16-21)13-14-8-3-2-7(4-9(8)15-13)11(19)12(20)10(18)5-17/h2-4,10-12,17-21H,5H2,1H3,(H,14,15). The third-order valence-corrected chi connectivity index (χ3v) is 3.24. The Balaban J connectivity index is 2.34. The summed E-state index contributed by atoms with van der Waals surface area (Å²) in [4.78, 5) is 7.12. The van der Waals surface area contributed by atoms with E-state index in [1.807, 2.05) is 0 Å². The lowest BCUT2D eigenvalue weighted by atomic mass is 10.0. The molecule has 0 spiro atoms. The zero-order valence-corrected chi connectivity index (χ0v) is 11.3. The summed E-state index contributed by atoms with van der Waals surface area (Å²) >= 11 is 0. The number of imidazole rings is 1. The Hall–Kier alpha value is -2.00. The van der Waals surface area contributed by atoms with E-state index < -0.39 is 24.9 Å². The van der Waals surface area contributed by atoms with Gasteiger partial charge in [-0.2, -0.15) is 0 Å². The predicted molar refractivity (Wildman–Crippen MR) is 74.2 cm³/mol. The molecule has 0 amide bonds. The number of nitrogens with zero attached hydrogens (tertiary/aromatic N) is 2.